The van der Waals surface area contributed by atoms with E-state index in [0.29, 0.717) is 6.54 Å². The Kier molecular flexibility index (Phi) is 4.15. The standard InChI is InChI=1S/C13H18FN3O/c1-10(11-2-4-12(14)5-3-11)15-6-8-17-9-7-16-13(17)18/h2-5,10,15H,6-9H2,1H3,(H,16,18)/t10-/m0/s1. The van der Waals surface area contributed by atoms with Crippen molar-refractivity contribution >= 4 is 6.03 Å². The first-order chi connectivity index (χ1) is 8.66. The Morgan fingerprint density at radius 2 is 2.17 bits per heavy atom. The van der Waals surface area contributed by atoms with Crippen LogP contribution in [0.15, 0.2) is 24.3 Å². The first kappa shape index (κ1) is 12.8. The van der Waals surface area contributed by atoms with Gasteiger partial charge in [0.15, 0.2) is 0 Å². The minimum Gasteiger partial charge on any atom is -0.336 e. The lowest BCUT2D eigenvalue weighted by Crippen LogP contribution is -2.35. The van der Waals surface area contributed by atoms with Gasteiger partial charge in [0.1, 0.15) is 5.82 Å². The molecule has 2 amide bonds. The van der Waals surface area contributed by atoms with Crippen LogP contribution < -0.4 is 10.6 Å². The number of nitrogens with one attached hydrogen (secondary N) is 2. The van der Waals surface area contributed by atoms with Crippen LogP contribution in [0.4, 0.5) is 9.18 Å². The van der Waals surface area contributed by atoms with Gasteiger partial charge in [-0.1, -0.05) is 12.1 Å². The maximum absolute atomic E-state index is 12.8. The molecule has 0 aliphatic carbocycles. The van der Waals surface area contributed by atoms with Crippen LogP contribution in [0, 0.1) is 5.82 Å². The lowest BCUT2D eigenvalue weighted by atomic mass is 10.1. The fourth-order valence-corrected chi connectivity index (χ4v) is 2.01. The molecule has 0 aromatic heterocycles. The van der Waals surface area contributed by atoms with Gasteiger partial charge in [-0.05, 0) is 24.6 Å². The molecule has 0 radical (unpaired) electrons. The quantitative estimate of drug-likeness (QED) is 0.833. The highest BCUT2D eigenvalue weighted by Gasteiger charge is 2.18. The molecule has 5 heteroatoms. The molecule has 1 atom stereocenters. The molecule has 1 aromatic carbocycles. The van der Waals surface area contributed by atoms with E-state index in [1.54, 1.807) is 17.0 Å². The van der Waals surface area contributed by atoms with E-state index in [0.717, 1.165) is 25.2 Å². The van der Waals surface area contributed by atoms with Gasteiger partial charge in [-0.2, -0.15) is 0 Å². The summed E-state index contributed by atoms with van der Waals surface area (Å²) < 4.78 is 12.8. The molecule has 0 spiro atoms. The average Bonchev–Trinajstić information content (AvgIpc) is 2.76. The lowest BCUT2D eigenvalue weighted by Gasteiger charge is -2.18. The highest BCUT2D eigenvalue weighted by atomic mass is 19.1. The number of carbonyl (C=O) groups is 1. The highest BCUT2D eigenvalue weighted by Crippen LogP contribution is 2.12. The highest BCUT2D eigenvalue weighted by molar-refractivity contribution is 5.76. The van der Waals surface area contributed by atoms with Gasteiger partial charge < -0.3 is 15.5 Å². The molecular weight excluding hydrogens is 233 g/mol. The van der Waals surface area contributed by atoms with Crippen molar-refractivity contribution < 1.29 is 9.18 Å². The minimum atomic E-state index is -0.223. The topological polar surface area (TPSA) is 44.4 Å². The van der Waals surface area contributed by atoms with E-state index in [1.807, 2.05) is 6.92 Å². The van der Waals surface area contributed by atoms with Gasteiger partial charge in [-0.3, -0.25) is 0 Å². The first-order valence-electron chi connectivity index (χ1n) is 6.18. The monoisotopic (exact) mass is 251 g/mol. The van der Waals surface area contributed by atoms with Crippen LogP contribution in [-0.2, 0) is 0 Å². The van der Waals surface area contributed by atoms with Gasteiger partial charge in [0.25, 0.3) is 0 Å². The second-order valence-corrected chi connectivity index (χ2v) is 4.45. The molecule has 1 aliphatic rings. The Morgan fingerprint density at radius 1 is 1.44 bits per heavy atom. The molecule has 98 valence electrons. The molecule has 1 fully saturated rings. The number of nitrogens with zero attached hydrogens (tertiary/aromatic N) is 1. The van der Waals surface area contributed by atoms with Crippen LogP contribution in [0.2, 0.25) is 0 Å². The van der Waals surface area contributed by atoms with Gasteiger partial charge in [-0.15, -0.1) is 0 Å². The number of carbonyl (C=O) groups excluding carboxylic acids is 1. The average molecular weight is 251 g/mol. The molecule has 18 heavy (non-hydrogen) atoms. The van der Waals surface area contributed by atoms with Crippen LogP contribution in [0.3, 0.4) is 0 Å². The predicted molar refractivity (Wildman–Crippen MR) is 67.8 cm³/mol. The zero-order valence-electron chi connectivity index (χ0n) is 10.4. The first-order valence-corrected chi connectivity index (χ1v) is 6.18. The van der Waals surface area contributed by atoms with E-state index < -0.39 is 0 Å². The molecule has 0 unspecified atom stereocenters. The molecule has 0 bridgehead atoms. The van der Waals surface area contributed by atoms with Crippen molar-refractivity contribution in [3.05, 3.63) is 35.6 Å². The van der Waals surface area contributed by atoms with E-state index >= 15 is 0 Å². The fraction of sp³-hybridized carbons (Fsp3) is 0.462. The number of amides is 2. The van der Waals surface area contributed by atoms with Crippen molar-refractivity contribution in [3.8, 4) is 0 Å². The van der Waals surface area contributed by atoms with Crippen molar-refractivity contribution in [1.82, 2.24) is 15.5 Å². The van der Waals surface area contributed by atoms with Crippen molar-refractivity contribution in [1.29, 1.82) is 0 Å². The van der Waals surface area contributed by atoms with Gasteiger partial charge in [0.2, 0.25) is 0 Å². The van der Waals surface area contributed by atoms with E-state index in [1.165, 1.54) is 12.1 Å². The molecule has 4 nitrogen and oxygen atoms in total. The summed E-state index contributed by atoms with van der Waals surface area (Å²) in [6.07, 6.45) is 0. The second kappa shape index (κ2) is 5.82. The zero-order valence-corrected chi connectivity index (χ0v) is 10.4. The van der Waals surface area contributed by atoms with Gasteiger partial charge in [-0.25, -0.2) is 9.18 Å². The molecule has 2 N–H and O–H groups in total. The van der Waals surface area contributed by atoms with Gasteiger partial charge in [0, 0.05) is 32.2 Å². The Morgan fingerprint density at radius 3 is 2.78 bits per heavy atom. The minimum absolute atomic E-state index is 0.00577. The molecule has 1 saturated heterocycles. The molecule has 1 heterocycles. The van der Waals surface area contributed by atoms with Crippen molar-refractivity contribution in [3.63, 3.8) is 0 Å². The maximum atomic E-state index is 12.8. The zero-order chi connectivity index (χ0) is 13.0. The number of benzene rings is 1. The smallest absolute Gasteiger partial charge is 0.317 e. The fourth-order valence-electron chi connectivity index (χ4n) is 2.01. The van der Waals surface area contributed by atoms with Crippen molar-refractivity contribution in [2.45, 2.75) is 13.0 Å². The van der Waals surface area contributed by atoms with E-state index in [9.17, 15) is 9.18 Å². The Labute approximate surface area is 106 Å². The van der Waals surface area contributed by atoms with Gasteiger partial charge in [0.05, 0.1) is 0 Å². The van der Waals surface area contributed by atoms with Crippen molar-refractivity contribution in [2.75, 3.05) is 26.2 Å². The van der Waals surface area contributed by atoms with Crippen molar-refractivity contribution in [2.24, 2.45) is 0 Å². The Hall–Kier alpha value is -1.62. The normalized spacial score (nSPS) is 16.8. The largest absolute Gasteiger partial charge is 0.336 e. The summed E-state index contributed by atoms with van der Waals surface area (Å²) in [7, 11) is 0. The summed E-state index contributed by atoms with van der Waals surface area (Å²) in [6.45, 7) is 4.94. The third kappa shape index (κ3) is 3.20. The van der Waals surface area contributed by atoms with Gasteiger partial charge >= 0.3 is 6.03 Å². The molecular formula is C13H18FN3O. The number of hydrogen-bond donors (Lipinski definition) is 2. The molecule has 2 rings (SSSR count). The summed E-state index contributed by atoms with van der Waals surface area (Å²) in [5.74, 6) is -0.223. The van der Waals surface area contributed by atoms with Crippen LogP contribution >= 0.6 is 0 Å². The SMILES string of the molecule is C[C@H](NCCN1CCNC1=O)c1ccc(F)cc1. The Bertz CT molecular complexity index is 407. The molecule has 1 aromatic rings. The Balaban J connectivity index is 1.76. The summed E-state index contributed by atoms with van der Waals surface area (Å²) in [4.78, 5) is 13.1. The molecule has 0 saturated carbocycles. The third-order valence-electron chi connectivity index (χ3n) is 3.15. The second-order valence-electron chi connectivity index (χ2n) is 4.45. The summed E-state index contributed by atoms with van der Waals surface area (Å²) in [6, 6.07) is 6.62. The number of halogens is 1. The van der Waals surface area contributed by atoms with Crippen LogP contribution in [0.25, 0.3) is 0 Å². The van der Waals surface area contributed by atoms with E-state index in [-0.39, 0.29) is 17.9 Å². The number of urea groups is 1. The summed E-state index contributed by atoms with van der Waals surface area (Å²) in [5.41, 5.74) is 1.04. The maximum Gasteiger partial charge on any atom is 0.317 e. The van der Waals surface area contributed by atoms with Crippen LogP contribution in [0.5, 0.6) is 0 Å². The summed E-state index contributed by atoms with van der Waals surface area (Å²) >= 11 is 0. The third-order valence-corrected chi connectivity index (χ3v) is 3.15. The lowest BCUT2D eigenvalue weighted by molar-refractivity contribution is 0.217. The van der Waals surface area contributed by atoms with Crippen LogP contribution in [-0.4, -0.2) is 37.1 Å². The predicted octanol–water partition coefficient (Wildman–Crippen LogP) is 1.50. The van der Waals surface area contributed by atoms with E-state index in [4.69, 9.17) is 0 Å². The van der Waals surface area contributed by atoms with Crippen LogP contribution in [0.1, 0.15) is 18.5 Å². The molecule has 1 aliphatic heterocycles. The summed E-state index contributed by atoms with van der Waals surface area (Å²) in [5, 5.41) is 6.08. The number of rotatable bonds is 5. The van der Waals surface area contributed by atoms with E-state index in [2.05, 4.69) is 10.6 Å². The number of hydrogen-bond acceptors (Lipinski definition) is 2.